The lowest BCUT2D eigenvalue weighted by Crippen LogP contribution is -1.73. The van der Waals surface area contributed by atoms with Crippen molar-refractivity contribution in [1.82, 2.24) is 9.97 Å². The highest BCUT2D eigenvalue weighted by Crippen LogP contribution is 2.30. The van der Waals surface area contributed by atoms with Crippen LogP contribution in [0.5, 0.6) is 0 Å². The van der Waals surface area contributed by atoms with Gasteiger partial charge >= 0.3 is 0 Å². The van der Waals surface area contributed by atoms with E-state index in [0.717, 1.165) is 21.3 Å². The molecule has 1 N–H and O–H groups in total. The van der Waals surface area contributed by atoms with E-state index in [-0.39, 0.29) is 0 Å². The van der Waals surface area contributed by atoms with Gasteiger partial charge in [0.05, 0.1) is 15.9 Å². The number of nitrogens with one attached hydrogen (secondary N) is 1. The van der Waals surface area contributed by atoms with Crippen molar-refractivity contribution in [2.24, 2.45) is 0 Å². The molecule has 17 heavy (non-hydrogen) atoms. The van der Waals surface area contributed by atoms with Crippen molar-refractivity contribution in [1.29, 1.82) is 0 Å². The van der Waals surface area contributed by atoms with E-state index in [0.29, 0.717) is 0 Å². The summed E-state index contributed by atoms with van der Waals surface area (Å²) in [4.78, 5) is 10.5. The minimum atomic E-state index is 0.958. The Labute approximate surface area is 112 Å². The van der Waals surface area contributed by atoms with Crippen molar-refractivity contribution in [2.75, 3.05) is 0 Å². The van der Waals surface area contributed by atoms with E-state index in [9.17, 15) is 0 Å². The number of rotatable bonds is 1. The zero-order chi connectivity index (χ0) is 12.0. The molecule has 0 saturated carbocycles. The van der Waals surface area contributed by atoms with Gasteiger partial charge in [0.15, 0.2) is 0 Å². The smallest absolute Gasteiger partial charge is 0.148 e. The molecule has 1 aromatic carbocycles. The Balaban J connectivity index is 2.17. The van der Waals surface area contributed by atoms with Gasteiger partial charge in [-0.15, -0.1) is 11.3 Å². The summed E-state index contributed by atoms with van der Waals surface area (Å²) in [5, 5.41) is 0. The highest BCUT2D eigenvalue weighted by molar-refractivity contribution is 9.10. The maximum absolute atomic E-state index is 4.61. The third-order valence-corrected chi connectivity index (χ3v) is 4.50. The van der Waals surface area contributed by atoms with Gasteiger partial charge in [-0.05, 0) is 43.7 Å². The molecular formula is C13H11BrN2S. The van der Waals surface area contributed by atoms with Gasteiger partial charge in [-0.1, -0.05) is 15.9 Å². The lowest BCUT2D eigenvalue weighted by atomic mass is 10.3. The SMILES string of the molecule is Cc1cc(-c2nc3ccc(Br)cc3[nH]2)sc1C. The van der Waals surface area contributed by atoms with E-state index in [4.69, 9.17) is 0 Å². The highest BCUT2D eigenvalue weighted by Gasteiger charge is 2.09. The second-order valence-electron chi connectivity index (χ2n) is 4.10. The first-order valence-electron chi connectivity index (χ1n) is 5.36. The Morgan fingerprint density at radius 3 is 2.76 bits per heavy atom. The molecule has 0 aliphatic carbocycles. The molecule has 0 saturated heterocycles. The van der Waals surface area contributed by atoms with E-state index in [1.165, 1.54) is 15.3 Å². The first-order chi connectivity index (χ1) is 8.13. The molecule has 0 atom stereocenters. The van der Waals surface area contributed by atoms with Crippen LogP contribution in [0.3, 0.4) is 0 Å². The number of aromatic nitrogens is 2. The Morgan fingerprint density at radius 2 is 2.06 bits per heavy atom. The van der Waals surface area contributed by atoms with Crippen LogP contribution < -0.4 is 0 Å². The number of halogens is 1. The standard InChI is InChI=1S/C13H11BrN2S/c1-7-5-12(17-8(7)2)13-15-10-4-3-9(14)6-11(10)16-13/h3-6H,1-2H3,(H,15,16). The van der Waals surface area contributed by atoms with Crippen molar-refractivity contribution in [3.05, 3.63) is 39.2 Å². The number of benzene rings is 1. The van der Waals surface area contributed by atoms with Crippen LogP contribution in [0.25, 0.3) is 21.7 Å². The molecule has 0 aliphatic heterocycles. The second kappa shape index (κ2) is 3.96. The molecular weight excluding hydrogens is 296 g/mol. The molecule has 0 spiro atoms. The van der Waals surface area contributed by atoms with E-state index >= 15 is 0 Å². The van der Waals surface area contributed by atoms with Gasteiger partial charge in [0.25, 0.3) is 0 Å². The fourth-order valence-electron chi connectivity index (χ4n) is 1.79. The van der Waals surface area contributed by atoms with Crippen LogP contribution in [0.1, 0.15) is 10.4 Å². The van der Waals surface area contributed by atoms with Crippen molar-refractivity contribution in [3.63, 3.8) is 0 Å². The Bertz CT molecular complexity index is 677. The molecule has 0 aliphatic rings. The summed E-state index contributed by atoms with van der Waals surface area (Å²) < 4.78 is 1.07. The topological polar surface area (TPSA) is 28.7 Å². The first kappa shape index (κ1) is 11.0. The Kier molecular flexibility index (Phi) is 2.56. The minimum absolute atomic E-state index is 0.958. The summed E-state index contributed by atoms with van der Waals surface area (Å²) in [7, 11) is 0. The van der Waals surface area contributed by atoms with E-state index < -0.39 is 0 Å². The molecule has 0 fully saturated rings. The van der Waals surface area contributed by atoms with Crippen molar-refractivity contribution >= 4 is 38.3 Å². The normalized spacial score (nSPS) is 11.2. The van der Waals surface area contributed by atoms with Crippen LogP contribution in [0.2, 0.25) is 0 Å². The van der Waals surface area contributed by atoms with Crippen LogP contribution in [-0.2, 0) is 0 Å². The fourth-order valence-corrected chi connectivity index (χ4v) is 3.13. The predicted molar refractivity (Wildman–Crippen MR) is 76.6 cm³/mol. The van der Waals surface area contributed by atoms with Crippen LogP contribution in [0.15, 0.2) is 28.7 Å². The molecule has 2 aromatic heterocycles. The molecule has 2 heterocycles. The van der Waals surface area contributed by atoms with Gasteiger partial charge in [0, 0.05) is 9.35 Å². The minimum Gasteiger partial charge on any atom is -0.337 e. The van der Waals surface area contributed by atoms with E-state index in [1.54, 1.807) is 11.3 Å². The summed E-state index contributed by atoms with van der Waals surface area (Å²) in [6.07, 6.45) is 0. The summed E-state index contributed by atoms with van der Waals surface area (Å²) >= 11 is 5.25. The molecule has 0 unspecified atom stereocenters. The van der Waals surface area contributed by atoms with Crippen LogP contribution in [-0.4, -0.2) is 9.97 Å². The number of aryl methyl sites for hydroxylation is 2. The Hall–Kier alpha value is -1.13. The zero-order valence-corrected chi connectivity index (χ0v) is 11.9. The van der Waals surface area contributed by atoms with Gasteiger partial charge in [0.1, 0.15) is 5.82 Å². The van der Waals surface area contributed by atoms with Crippen molar-refractivity contribution < 1.29 is 0 Å². The maximum atomic E-state index is 4.61. The third kappa shape index (κ3) is 1.91. The maximum Gasteiger partial charge on any atom is 0.148 e. The van der Waals surface area contributed by atoms with E-state index in [2.05, 4.69) is 51.9 Å². The molecule has 3 aromatic rings. The number of aromatic amines is 1. The molecule has 3 rings (SSSR count). The fraction of sp³-hybridized carbons (Fsp3) is 0.154. The molecule has 0 bridgehead atoms. The summed E-state index contributed by atoms with van der Waals surface area (Å²) in [5.74, 6) is 0.958. The summed E-state index contributed by atoms with van der Waals surface area (Å²) in [6, 6.07) is 8.27. The van der Waals surface area contributed by atoms with Crippen LogP contribution in [0.4, 0.5) is 0 Å². The lowest BCUT2D eigenvalue weighted by molar-refractivity contribution is 1.35. The van der Waals surface area contributed by atoms with Crippen LogP contribution in [0, 0.1) is 13.8 Å². The molecule has 0 radical (unpaired) electrons. The average Bonchev–Trinajstić information content (AvgIpc) is 2.83. The van der Waals surface area contributed by atoms with Gasteiger partial charge in [-0.2, -0.15) is 0 Å². The van der Waals surface area contributed by atoms with Crippen molar-refractivity contribution in [3.8, 4) is 10.7 Å². The molecule has 86 valence electrons. The number of H-pyrrole nitrogens is 1. The third-order valence-electron chi connectivity index (χ3n) is 2.84. The number of fused-ring (bicyclic) bond motifs is 1. The monoisotopic (exact) mass is 306 g/mol. The van der Waals surface area contributed by atoms with Crippen molar-refractivity contribution in [2.45, 2.75) is 13.8 Å². The number of thiophene rings is 1. The number of imidazole rings is 1. The van der Waals surface area contributed by atoms with Gasteiger partial charge in [-0.25, -0.2) is 4.98 Å². The largest absolute Gasteiger partial charge is 0.337 e. The first-order valence-corrected chi connectivity index (χ1v) is 6.97. The molecule has 4 heteroatoms. The lowest BCUT2D eigenvalue weighted by Gasteiger charge is -1.88. The average molecular weight is 307 g/mol. The zero-order valence-electron chi connectivity index (χ0n) is 9.54. The number of nitrogens with zero attached hydrogens (tertiary/aromatic N) is 1. The van der Waals surface area contributed by atoms with Gasteiger partial charge < -0.3 is 4.98 Å². The van der Waals surface area contributed by atoms with Crippen LogP contribution >= 0.6 is 27.3 Å². The second-order valence-corrected chi connectivity index (χ2v) is 6.27. The van der Waals surface area contributed by atoms with Gasteiger partial charge in [-0.3, -0.25) is 0 Å². The quantitative estimate of drug-likeness (QED) is 0.695. The highest BCUT2D eigenvalue weighted by atomic mass is 79.9. The van der Waals surface area contributed by atoms with E-state index in [1.807, 2.05) is 12.1 Å². The summed E-state index contributed by atoms with van der Waals surface area (Å²) in [6.45, 7) is 4.28. The predicted octanol–water partition coefficient (Wildman–Crippen LogP) is 4.67. The Morgan fingerprint density at radius 1 is 1.24 bits per heavy atom. The summed E-state index contributed by atoms with van der Waals surface area (Å²) in [5.41, 5.74) is 3.40. The van der Waals surface area contributed by atoms with Gasteiger partial charge in [0.2, 0.25) is 0 Å². The number of hydrogen-bond acceptors (Lipinski definition) is 2. The number of hydrogen-bond donors (Lipinski definition) is 1. The molecule has 0 amide bonds. The molecule has 2 nitrogen and oxygen atoms in total.